The summed E-state index contributed by atoms with van der Waals surface area (Å²) < 4.78 is 15.7. The lowest BCUT2D eigenvalue weighted by molar-refractivity contribution is -0.557. The van der Waals surface area contributed by atoms with Crippen LogP contribution in [0, 0.1) is 16.4 Å². The van der Waals surface area contributed by atoms with Crippen molar-refractivity contribution in [3.63, 3.8) is 0 Å². The van der Waals surface area contributed by atoms with Crippen LogP contribution in [0.5, 0.6) is 0 Å². The van der Waals surface area contributed by atoms with E-state index in [1.54, 1.807) is 0 Å². The van der Waals surface area contributed by atoms with Gasteiger partial charge in [0.05, 0.1) is 11.7 Å². The molecule has 0 nitrogen and oxygen atoms in total. The van der Waals surface area contributed by atoms with Crippen molar-refractivity contribution in [2.45, 2.75) is 20.3 Å². The van der Waals surface area contributed by atoms with Crippen molar-refractivity contribution in [1.82, 2.24) is 0 Å². The predicted octanol–water partition coefficient (Wildman–Crippen LogP) is 1.33. The molecule has 0 spiro atoms. The van der Waals surface area contributed by atoms with E-state index in [-0.39, 0.29) is 33.8 Å². The van der Waals surface area contributed by atoms with E-state index >= 15 is 0 Å². The first-order valence-corrected chi connectivity index (χ1v) is 7.92. The Labute approximate surface area is 112 Å². The van der Waals surface area contributed by atoms with E-state index in [1.165, 1.54) is 9.13 Å². The van der Waals surface area contributed by atoms with Crippen molar-refractivity contribution in [2.24, 2.45) is 5.92 Å². The normalized spacial score (nSPS) is 13.9. The maximum Gasteiger partial charge on any atom is 0.350 e. The molecule has 88 valence electrons. The van der Waals surface area contributed by atoms with Gasteiger partial charge in [-0.05, 0) is 31.4 Å². The van der Waals surface area contributed by atoms with Crippen molar-refractivity contribution in [3.8, 4) is 0 Å². The molecule has 0 aliphatic carbocycles. The van der Waals surface area contributed by atoms with Crippen molar-refractivity contribution in [2.75, 3.05) is 6.67 Å². The Hall–Kier alpha value is -0.0900. The molecule has 1 aromatic rings. The van der Waals surface area contributed by atoms with Crippen LogP contribution in [-0.4, -0.2) is 6.67 Å². The molecule has 0 radical (unpaired) electrons. The Morgan fingerprint density at radius 1 is 1.44 bits per heavy atom. The number of aryl methyl sites for hydroxylation is 1. The zero-order chi connectivity index (χ0) is 12.0. The van der Waals surface area contributed by atoms with Crippen LogP contribution in [0.2, 0.25) is 0 Å². The molecule has 0 aromatic heterocycles. The number of rotatable bonds is 5. The summed E-state index contributed by atoms with van der Waals surface area (Å²) in [5.41, 5.74) is 1.27. The van der Waals surface area contributed by atoms with Crippen LogP contribution in [0.4, 0.5) is 4.39 Å². The molecule has 3 heteroatoms. The molecule has 0 heterocycles. The molecule has 16 heavy (non-hydrogen) atoms. The summed E-state index contributed by atoms with van der Waals surface area (Å²) in [6, 6.07) is 8.51. The topological polar surface area (TPSA) is 0 Å². The number of alkyl halides is 1. The van der Waals surface area contributed by atoms with E-state index in [4.69, 9.17) is 11.6 Å². The summed E-state index contributed by atoms with van der Waals surface area (Å²) in [7, 11) is 0. The highest BCUT2D eigenvalue weighted by Gasteiger charge is 2.11. The Morgan fingerprint density at radius 2 is 2.06 bits per heavy atom. The lowest BCUT2D eigenvalue weighted by Crippen LogP contribution is -3.59. The van der Waals surface area contributed by atoms with Gasteiger partial charge in [-0.25, -0.2) is 0 Å². The summed E-state index contributed by atoms with van der Waals surface area (Å²) in [6.07, 6.45) is 0.656. The minimum absolute atomic E-state index is 0.0331. The molecule has 1 rings (SSSR count). The lowest BCUT2D eigenvalue weighted by Gasteiger charge is -2.01. The van der Waals surface area contributed by atoms with Crippen LogP contribution in [0.3, 0.4) is 0 Å². The van der Waals surface area contributed by atoms with Gasteiger partial charge in [0.25, 0.3) is 0 Å². The summed E-state index contributed by atoms with van der Waals surface area (Å²) in [6.45, 7) is 3.65. The molecule has 1 aromatic carbocycles. The Kier molecular flexibility index (Phi) is 6.36. The summed E-state index contributed by atoms with van der Waals surface area (Å²) >= 11 is 5.88. The highest BCUT2D eigenvalue weighted by molar-refractivity contribution is 6.29. The molecule has 1 atom stereocenters. The van der Waals surface area contributed by atoms with Gasteiger partial charge in [0, 0.05) is 0 Å². The molecule has 0 N–H and O–H groups in total. The molecule has 0 bridgehead atoms. The van der Waals surface area contributed by atoms with Crippen molar-refractivity contribution < 1.29 is 25.6 Å². The van der Waals surface area contributed by atoms with Crippen molar-refractivity contribution in [3.05, 3.63) is 42.5 Å². The van der Waals surface area contributed by atoms with Gasteiger partial charge >= 0.3 is 21.2 Å². The number of allylic oxidation sites excluding steroid dienone is 1. The van der Waals surface area contributed by atoms with Crippen LogP contribution in [0.1, 0.15) is 18.9 Å². The monoisotopic (exact) mass is 353 g/mol. The van der Waals surface area contributed by atoms with E-state index in [0.717, 1.165) is 5.03 Å². The zero-order valence-corrected chi connectivity index (χ0v) is 12.4. The van der Waals surface area contributed by atoms with E-state index in [2.05, 4.69) is 35.3 Å². The average molecular weight is 354 g/mol. The third-order valence-corrected chi connectivity index (χ3v) is 5.25. The van der Waals surface area contributed by atoms with Crippen molar-refractivity contribution >= 4 is 11.6 Å². The SMILES string of the molecule is Cc1ccc([I+]/C=C(/Cl)C[C@H](C)CF)cc1. The molecule has 0 unspecified atom stereocenters. The maximum atomic E-state index is 12.3. The first-order valence-electron chi connectivity index (χ1n) is 5.22. The van der Waals surface area contributed by atoms with E-state index in [0.29, 0.717) is 6.42 Å². The number of benzene rings is 1. The minimum atomic E-state index is -0.299. The Bertz CT molecular complexity index is 345. The van der Waals surface area contributed by atoms with E-state index in [9.17, 15) is 4.39 Å². The van der Waals surface area contributed by atoms with Gasteiger partial charge in [-0.3, -0.25) is 4.39 Å². The molecule has 0 amide bonds. The average Bonchev–Trinajstić information content (AvgIpc) is 2.28. The van der Waals surface area contributed by atoms with Gasteiger partial charge in [0.2, 0.25) is 0 Å². The second-order valence-electron chi connectivity index (χ2n) is 3.92. The van der Waals surface area contributed by atoms with E-state index < -0.39 is 0 Å². The van der Waals surface area contributed by atoms with Crippen LogP contribution < -0.4 is 21.2 Å². The molecule has 0 saturated carbocycles. The fraction of sp³-hybridized carbons (Fsp3) is 0.385. The molecule has 0 saturated heterocycles. The second kappa shape index (κ2) is 7.28. The van der Waals surface area contributed by atoms with Gasteiger partial charge in [-0.15, -0.1) is 0 Å². The summed E-state index contributed by atoms with van der Waals surface area (Å²) in [5.74, 6) is 0.0331. The Balaban J connectivity index is 2.49. The fourth-order valence-corrected chi connectivity index (χ4v) is 3.43. The van der Waals surface area contributed by atoms with Gasteiger partial charge in [0.15, 0.2) is 7.65 Å². The minimum Gasteiger partial charge on any atom is -0.251 e. The second-order valence-corrected chi connectivity index (χ2v) is 6.90. The lowest BCUT2D eigenvalue weighted by atomic mass is 10.1. The largest absolute Gasteiger partial charge is 0.350 e. The van der Waals surface area contributed by atoms with Crippen LogP contribution >= 0.6 is 11.6 Å². The van der Waals surface area contributed by atoms with Gasteiger partial charge in [-0.1, -0.05) is 36.2 Å². The third kappa shape index (κ3) is 5.30. The zero-order valence-electron chi connectivity index (χ0n) is 9.51. The molecular formula is C13H16ClFI+. The maximum absolute atomic E-state index is 12.3. The first kappa shape index (κ1) is 14.0. The third-order valence-electron chi connectivity index (χ3n) is 2.12. The number of hydrogen-bond donors (Lipinski definition) is 0. The van der Waals surface area contributed by atoms with Gasteiger partial charge < -0.3 is 0 Å². The first-order chi connectivity index (χ1) is 7.61. The molecule has 0 aliphatic rings. The van der Waals surface area contributed by atoms with E-state index in [1.807, 2.05) is 6.92 Å². The van der Waals surface area contributed by atoms with Crippen LogP contribution in [0.15, 0.2) is 33.4 Å². The standard InChI is InChI=1S/C13H16ClFI/c1-10-3-5-13(6-4-10)16-9-12(14)7-11(2)8-15/h3-6,9,11H,7-8H2,1-2H3/q+1/b12-9+/t11-/m0/s1. The number of hydrogen-bond acceptors (Lipinski definition) is 0. The van der Waals surface area contributed by atoms with Crippen LogP contribution in [0.25, 0.3) is 0 Å². The quantitative estimate of drug-likeness (QED) is 0.701. The molecule has 0 aliphatic heterocycles. The van der Waals surface area contributed by atoms with Gasteiger partial charge in [0.1, 0.15) is 0 Å². The highest BCUT2D eigenvalue weighted by Crippen LogP contribution is 2.13. The Morgan fingerprint density at radius 3 is 2.62 bits per heavy atom. The number of halogens is 3. The summed E-state index contributed by atoms with van der Waals surface area (Å²) in [5, 5.41) is 0.804. The van der Waals surface area contributed by atoms with Crippen LogP contribution in [-0.2, 0) is 0 Å². The molecule has 0 fully saturated rings. The summed E-state index contributed by atoms with van der Waals surface area (Å²) in [4.78, 5) is 0. The van der Waals surface area contributed by atoms with Gasteiger partial charge in [-0.2, -0.15) is 0 Å². The highest BCUT2D eigenvalue weighted by atomic mass is 127. The smallest absolute Gasteiger partial charge is 0.251 e. The predicted molar refractivity (Wildman–Crippen MR) is 63.6 cm³/mol. The molecular weight excluding hydrogens is 337 g/mol. The fourth-order valence-electron chi connectivity index (χ4n) is 1.16. The van der Waals surface area contributed by atoms with Crippen molar-refractivity contribution in [1.29, 1.82) is 0 Å².